The zero-order valence-corrected chi connectivity index (χ0v) is 16.4. The molecule has 0 saturated heterocycles. The lowest BCUT2D eigenvalue weighted by Gasteiger charge is -2.11. The van der Waals surface area contributed by atoms with Gasteiger partial charge in [-0.3, -0.25) is 14.5 Å². The Balaban J connectivity index is 1.45. The average molecular weight is 395 g/mol. The molecule has 0 unspecified atom stereocenters. The molecule has 0 radical (unpaired) electrons. The first kappa shape index (κ1) is 20.2. The number of aliphatic imine (C=N–C) groups is 1. The lowest BCUT2D eigenvalue weighted by molar-refractivity contribution is -0.384. The van der Waals surface area contributed by atoms with Crippen LogP contribution in [0.15, 0.2) is 53.7 Å². The van der Waals surface area contributed by atoms with E-state index in [4.69, 9.17) is 0 Å². The molecule has 9 nitrogen and oxygen atoms in total. The summed E-state index contributed by atoms with van der Waals surface area (Å²) in [4.78, 5) is 14.9. The number of fused-ring (bicyclic) bond motifs is 1. The second-order valence-corrected chi connectivity index (χ2v) is 6.55. The minimum absolute atomic E-state index is 0.127. The number of nitro groups is 1. The number of guanidine groups is 1. The Morgan fingerprint density at radius 2 is 1.97 bits per heavy atom. The van der Waals surface area contributed by atoms with Crippen LogP contribution in [0.4, 0.5) is 5.69 Å². The van der Waals surface area contributed by atoms with Crippen LogP contribution in [-0.4, -0.2) is 38.6 Å². The van der Waals surface area contributed by atoms with Crippen LogP contribution >= 0.6 is 0 Å². The maximum absolute atomic E-state index is 10.7. The van der Waals surface area contributed by atoms with Gasteiger partial charge < -0.3 is 10.6 Å². The first-order chi connectivity index (χ1) is 14.2. The quantitative estimate of drug-likeness (QED) is 0.190. The minimum atomic E-state index is -0.377. The Morgan fingerprint density at radius 1 is 1.14 bits per heavy atom. The van der Waals surface area contributed by atoms with Gasteiger partial charge in [0.05, 0.1) is 4.92 Å². The van der Waals surface area contributed by atoms with Crippen LogP contribution in [0.5, 0.6) is 0 Å². The molecule has 2 aromatic heterocycles. The standard InChI is InChI=1S/C20H25N7O2/c1-2-21-20(23-15-19-25-24-18-8-4-6-14-26(18)19)22-13-5-3-7-16-9-11-17(12-10-16)27(28)29/h4,6,8-12,14H,2-3,5,7,13,15H2,1H3,(H2,21,22,23). The third-order valence-corrected chi connectivity index (χ3v) is 4.44. The van der Waals surface area contributed by atoms with Crippen molar-refractivity contribution >= 4 is 17.3 Å². The number of rotatable bonds is 9. The third-order valence-electron chi connectivity index (χ3n) is 4.44. The Hall–Kier alpha value is -3.49. The van der Waals surface area contributed by atoms with Crippen molar-refractivity contribution in [3.05, 3.63) is 70.2 Å². The Morgan fingerprint density at radius 3 is 2.72 bits per heavy atom. The average Bonchev–Trinajstić information content (AvgIpc) is 3.15. The van der Waals surface area contributed by atoms with Crippen molar-refractivity contribution in [3.8, 4) is 0 Å². The first-order valence-corrected chi connectivity index (χ1v) is 9.71. The van der Waals surface area contributed by atoms with Crippen LogP contribution in [0.25, 0.3) is 5.65 Å². The largest absolute Gasteiger partial charge is 0.357 e. The molecule has 152 valence electrons. The molecular formula is C20H25N7O2. The van der Waals surface area contributed by atoms with E-state index in [1.165, 1.54) is 0 Å². The summed E-state index contributed by atoms with van der Waals surface area (Å²) in [6.07, 6.45) is 4.77. The number of nitrogens with zero attached hydrogens (tertiary/aromatic N) is 5. The third kappa shape index (κ3) is 5.74. The molecule has 0 aliphatic carbocycles. The van der Waals surface area contributed by atoms with E-state index in [0.29, 0.717) is 6.54 Å². The smallest absolute Gasteiger partial charge is 0.269 e. The number of aryl methyl sites for hydroxylation is 1. The summed E-state index contributed by atoms with van der Waals surface area (Å²) in [5.74, 6) is 1.53. The van der Waals surface area contributed by atoms with Crippen LogP contribution in [0, 0.1) is 10.1 Å². The van der Waals surface area contributed by atoms with E-state index in [-0.39, 0.29) is 10.6 Å². The Bertz CT molecular complexity index is 966. The van der Waals surface area contributed by atoms with Gasteiger partial charge in [-0.25, -0.2) is 4.99 Å². The molecule has 0 spiro atoms. The molecule has 0 bridgehead atoms. The number of hydrogen-bond acceptors (Lipinski definition) is 5. The van der Waals surface area contributed by atoms with Gasteiger partial charge >= 0.3 is 0 Å². The van der Waals surface area contributed by atoms with Gasteiger partial charge in [0.25, 0.3) is 5.69 Å². The molecule has 3 aromatic rings. The summed E-state index contributed by atoms with van der Waals surface area (Å²) in [7, 11) is 0. The molecule has 0 fully saturated rings. The molecule has 0 amide bonds. The van der Waals surface area contributed by atoms with Crippen molar-refractivity contribution in [2.45, 2.75) is 32.7 Å². The first-order valence-electron chi connectivity index (χ1n) is 9.71. The van der Waals surface area contributed by atoms with E-state index in [0.717, 1.165) is 55.3 Å². The monoisotopic (exact) mass is 395 g/mol. The van der Waals surface area contributed by atoms with E-state index >= 15 is 0 Å². The van der Waals surface area contributed by atoms with Gasteiger partial charge in [-0.05, 0) is 43.9 Å². The molecule has 2 N–H and O–H groups in total. The fraction of sp³-hybridized carbons (Fsp3) is 0.350. The zero-order valence-electron chi connectivity index (χ0n) is 16.4. The summed E-state index contributed by atoms with van der Waals surface area (Å²) in [5.41, 5.74) is 2.04. The lowest BCUT2D eigenvalue weighted by atomic mass is 10.1. The SMILES string of the molecule is CCNC(=NCc1nnc2ccccn12)NCCCCc1ccc([N+](=O)[O-])cc1. The van der Waals surface area contributed by atoms with Crippen molar-refractivity contribution in [2.75, 3.05) is 13.1 Å². The van der Waals surface area contributed by atoms with E-state index < -0.39 is 0 Å². The zero-order chi connectivity index (χ0) is 20.5. The summed E-state index contributed by atoms with van der Waals surface area (Å²) in [6.45, 7) is 4.02. The summed E-state index contributed by atoms with van der Waals surface area (Å²) in [5, 5.41) is 25.6. The van der Waals surface area contributed by atoms with Gasteiger partial charge in [-0.15, -0.1) is 10.2 Å². The van der Waals surface area contributed by atoms with Gasteiger partial charge in [0, 0.05) is 31.4 Å². The number of hydrogen-bond donors (Lipinski definition) is 2. The molecule has 0 aliphatic heterocycles. The van der Waals surface area contributed by atoms with Crippen LogP contribution in [-0.2, 0) is 13.0 Å². The van der Waals surface area contributed by atoms with Crippen molar-refractivity contribution in [3.63, 3.8) is 0 Å². The van der Waals surface area contributed by atoms with E-state index in [2.05, 4.69) is 25.8 Å². The van der Waals surface area contributed by atoms with Crippen molar-refractivity contribution < 1.29 is 4.92 Å². The Labute approximate surface area is 169 Å². The molecule has 9 heteroatoms. The number of aromatic nitrogens is 3. The van der Waals surface area contributed by atoms with Gasteiger partial charge in [0.15, 0.2) is 17.4 Å². The molecule has 0 saturated carbocycles. The second-order valence-electron chi connectivity index (χ2n) is 6.55. The van der Waals surface area contributed by atoms with Gasteiger partial charge in [0.1, 0.15) is 6.54 Å². The highest BCUT2D eigenvalue weighted by Gasteiger charge is 2.05. The van der Waals surface area contributed by atoms with E-state index in [1.54, 1.807) is 12.1 Å². The predicted molar refractivity (Wildman–Crippen MR) is 112 cm³/mol. The number of unbranched alkanes of at least 4 members (excludes halogenated alkanes) is 1. The summed E-state index contributed by atoms with van der Waals surface area (Å²) in [6, 6.07) is 12.5. The van der Waals surface area contributed by atoms with E-state index in [1.807, 2.05) is 47.9 Å². The summed E-state index contributed by atoms with van der Waals surface area (Å²) < 4.78 is 1.93. The molecule has 3 rings (SSSR count). The molecule has 29 heavy (non-hydrogen) atoms. The van der Waals surface area contributed by atoms with E-state index in [9.17, 15) is 10.1 Å². The van der Waals surface area contributed by atoms with Gasteiger partial charge in [0.2, 0.25) is 0 Å². The van der Waals surface area contributed by atoms with Crippen LogP contribution in [0.2, 0.25) is 0 Å². The molecule has 2 heterocycles. The lowest BCUT2D eigenvalue weighted by Crippen LogP contribution is -2.37. The fourth-order valence-electron chi connectivity index (χ4n) is 2.94. The van der Waals surface area contributed by atoms with Crippen molar-refractivity contribution in [1.29, 1.82) is 0 Å². The molecule has 1 aromatic carbocycles. The minimum Gasteiger partial charge on any atom is -0.357 e. The van der Waals surface area contributed by atoms with Crippen molar-refractivity contribution in [2.24, 2.45) is 4.99 Å². The number of benzene rings is 1. The number of pyridine rings is 1. The van der Waals surface area contributed by atoms with Gasteiger partial charge in [-0.1, -0.05) is 18.2 Å². The topological polar surface area (TPSA) is 110 Å². The fourth-order valence-corrected chi connectivity index (χ4v) is 2.94. The highest BCUT2D eigenvalue weighted by atomic mass is 16.6. The Kier molecular flexibility index (Phi) is 7.10. The highest BCUT2D eigenvalue weighted by Crippen LogP contribution is 2.13. The number of nitrogens with one attached hydrogen (secondary N) is 2. The van der Waals surface area contributed by atoms with Crippen molar-refractivity contribution in [1.82, 2.24) is 25.2 Å². The highest BCUT2D eigenvalue weighted by molar-refractivity contribution is 5.79. The van der Waals surface area contributed by atoms with Gasteiger partial charge in [-0.2, -0.15) is 0 Å². The molecular weight excluding hydrogens is 370 g/mol. The van der Waals surface area contributed by atoms with Crippen LogP contribution in [0.3, 0.4) is 0 Å². The number of nitro benzene ring substituents is 1. The molecule has 0 aliphatic rings. The molecule has 0 atom stereocenters. The normalized spacial score (nSPS) is 11.6. The van der Waals surface area contributed by atoms with Crippen LogP contribution < -0.4 is 10.6 Å². The predicted octanol–water partition coefficient (Wildman–Crippen LogP) is 2.72. The summed E-state index contributed by atoms with van der Waals surface area (Å²) >= 11 is 0. The number of non-ortho nitro benzene ring substituents is 1. The second kappa shape index (κ2) is 10.2. The maximum atomic E-state index is 10.7. The maximum Gasteiger partial charge on any atom is 0.269 e. The van der Waals surface area contributed by atoms with Crippen LogP contribution in [0.1, 0.15) is 31.2 Å².